The molecule has 3 rings (SSSR count). The Hall–Kier alpha value is -1.65. The number of fused-ring (bicyclic) bond motifs is 1. The van der Waals surface area contributed by atoms with Gasteiger partial charge in [-0.15, -0.1) is 11.3 Å². The molecule has 0 atom stereocenters. The lowest BCUT2D eigenvalue weighted by Gasteiger charge is -2.09. The van der Waals surface area contributed by atoms with E-state index < -0.39 is 0 Å². The number of hydrogen-bond donors (Lipinski definition) is 1. The lowest BCUT2D eigenvalue weighted by Crippen LogP contribution is -2.22. The zero-order valence-electron chi connectivity index (χ0n) is 11.8. The summed E-state index contributed by atoms with van der Waals surface area (Å²) in [6.45, 7) is 6.19. The van der Waals surface area contributed by atoms with Gasteiger partial charge < -0.3 is 9.88 Å². The average Bonchev–Trinajstić information content (AvgIpc) is 3.05. The van der Waals surface area contributed by atoms with E-state index in [-0.39, 0.29) is 0 Å². The first-order valence-corrected chi connectivity index (χ1v) is 7.74. The van der Waals surface area contributed by atoms with Crippen LogP contribution in [0.3, 0.4) is 0 Å². The van der Waals surface area contributed by atoms with Crippen molar-refractivity contribution in [3.63, 3.8) is 0 Å². The number of aromatic nitrogens is 2. The monoisotopic (exact) mass is 285 g/mol. The van der Waals surface area contributed by atoms with Crippen molar-refractivity contribution in [3.05, 3.63) is 53.4 Å². The van der Waals surface area contributed by atoms with Crippen LogP contribution in [-0.4, -0.2) is 15.6 Å². The van der Waals surface area contributed by atoms with Crippen molar-refractivity contribution in [2.75, 3.05) is 0 Å². The van der Waals surface area contributed by atoms with E-state index in [1.54, 1.807) is 0 Å². The van der Waals surface area contributed by atoms with Gasteiger partial charge >= 0.3 is 0 Å². The highest BCUT2D eigenvalue weighted by atomic mass is 32.1. The molecule has 104 valence electrons. The van der Waals surface area contributed by atoms with Crippen LogP contribution >= 0.6 is 11.3 Å². The van der Waals surface area contributed by atoms with Crippen LogP contribution in [0.25, 0.3) is 10.1 Å². The first kappa shape index (κ1) is 13.3. The van der Waals surface area contributed by atoms with Crippen LogP contribution in [0.4, 0.5) is 0 Å². The summed E-state index contributed by atoms with van der Waals surface area (Å²) in [4.78, 5) is 5.56. The van der Waals surface area contributed by atoms with E-state index in [1.807, 2.05) is 30.1 Å². The van der Waals surface area contributed by atoms with Gasteiger partial charge in [0.1, 0.15) is 0 Å². The van der Waals surface area contributed by atoms with Crippen molar-refractivity contribution in [1.82, 2.24) is 14.9 Å². The van der Waals surface area contributed by atoms with Crippen molar-refractivity contribution in [2.24, 2.45) is 0 Å². The van der Waals surface area contributed by atoms with Gasteiger partial charge in [0.2, 0.25) is 0 Å². The van der Waals surface area contributed by atoms with Crippen LogP contribution in [0, 0.1) is 0 Å². The van der Waals surface area contributed by atoms with E-state index in [0.717, 1.165) is 13.1 Å². The summed E-state index contributed by atoms with van der Waals surface area (Å²) in [5.74, 6) is 0. The second-order valence-electron chi connectivity index (χ2n) is 5.27. The molecule has 0 unspecified atom stereocenters. The molecule has 0 radical (unpaired) electrons. The van der Waals surface area contributed by atoms with Gasteiger partial charge in [0.05, 0.1) is 12.9 Å². The van der Waals surface area contributed by atoms with Crippen LogP contribution in [0.15, 0.2) is 43.0 Å². The number of nitrogens with one attached hydrogen (secondary N) is 1. The number of imidazole rings is 1. The minimum Gasteiger partial charge on any atom is -0.333 e. The summed E-state index contributed by atoms with van der Waals surface area (Å²) in [5, 5.41) is 4.90. The van der Waals surface area contributed by atoms with E-state index in [4.69, 9.17) is 0 Å². The van der Waals surface area contributed by atoms with Crippen LogP contribution in [0.5, 0.6) is 0 Å². The Kier molecular flexibility index (Phi) is 3.85. The Labute approximate surface area is 123 Å². The molecule has 0 fully saturated rings. The van der Waals surface area contributed by atoms with Crippen LogP contribution in [0.2, 0.25) is 0 Å². The molecule has 0 aliphatic carbocycles. The fourth-order valence-electron chi connectivity index (χ4n) is 2.33. The lowest BCUT2D eigenvalue weighted by atomic mass is 10.1. The van der Waals surface area contributed by atoms with E-state index in [0.29, 0.717) is 6.04 Å². The van der Waals surface area contributed by atoms with Crippen LogP contribution in [0.1, 0.15) is 24.3 Å². The molecule has 3 nitrogen and oxygen atoms in total. The highest BCUT2D eigenvalue weighted by Crippen LogP contribution is 2.31. The van der Waals surface area contributed by atoms with Gasteiger partial charge in [-0.25, -0.2) is 4.98 Å². The molecule has 2 aromatic heterocycles. The van der Waals surface area contributed by atoms with E-state index in [2.05, 4.69) is 53.0 Å². The molecule has 4 heteroatoms. The number of rotatable bonds is 5. The first-order valence-electron chi connectivity index (χ1n) is 6.92. The van der Waals surface area contributed by atoms with Gasteiger partial charge in [-0.2, -0.15) is 0 Å². The molecule has 0 saturated carbocycles. The molecular formula is C16H19N3S. The molecule has 1 N–H and O–H groups in total. The Balaban J connectivity index is 1.99. The van der Waals surface area contributed by atoms with Gasteiger partial charge in [0, 0.05) is 34.6 Å². The maximum absolute atomic E-state index is 4.14. The summed E-state index contributed by atoms with van der Waals surface area (Å²) in [6, 6.07) is 9.15. The molecular weight excluding hydrogens is 266 g/mol. The average molecular weight is 285 g/mol. The predicted molar refractivity (Wildman–Crippen MR) is 85.1 cm³/mol. The largest absolute Gasteiger partial charge is 0.333 e. The second kappa shape index (κ2) is 5.77. The van der Waals surface area contributed by atoms with Gasteiger partial charge in [-0.1, -0.05) is 32.0 Å². The van der Waals surface area contributed by atoms with Crippen molar-refractivity contribution in [3.8, 4) is 0 Å². The van der Waals surface area contributed by atoms with Crippen molar-refractivity contribution < 1.29 is 0 Å². The number of thiophene rings is 1. The third-order valence-corrected chi connectivity index (χ3v) is 4.57. The number of hydrogen-bond acceptors (Lipinski definition) is 3. The molecule has 0 amide bonds. The van der Waals surface area contributed by atoms with E-state index in [9.17, 15) is 0 Å². The minimum atomic E-state index is 0.501. The van der Waals surface area contributed by atoms with Crippen molar-refractivity contribution >= 4 is 21.4 Å². The SMILES string of the molecule is CC(C)NCc1sc2ccccc2c1Cn1ccnc1. The van der Waals surface area contributed by atoms with Crippen LogP contribution < -0.4 is 5.32 Å². The highest BCUT2D eigenvalue weighted by molar-refractivity contribution is 7.19. The summed E-state index contributed by atoms with van der Waals surface area (Å²) >= 11 is 1.89. The number of nitrogens with zero attached hydrogens (tertiary/aromatic N) is 2. The molecule has 0 saturated heterocycles. The zero-order valence-corrected chi connectivity index (χ0v) is 12.7. The molecule has 1 aromatic carbocycles. The quantitative estimate of drug-likeness (QED) is 0.775. The third kappa shape index (κ3) is 2.76. The zero-order chi connectivity index (χ0) is 13.9. The fourth-order valence-corrected chi connectivity index (χ4v) is 3.49. The van der Waals surface area contributed by atoms with Gasteiger partial charge in [-0.05, 0) is 17.0 Å². The van der Waals surface area contributed by atoms with E-state index >= 15 is 0 Å². The van der Waals surface area contributed by atoms with Gasteiger partial charge in [-0.3, -0.25) is 0 Å². The molecule has 2 heterocycles. The molecule has 0 aliphatic heterocycles. The minimum absolute atomic E-state index is 0.501. The Morgan fingerprint density at radius 3 is 2.90 bits per heavy atom. The summed E-state index contributed by atoms with van der Waals surface area (Å²) in [7, 11) is 0. The maximum atomic E-state index is 4.14. The normalized spacial score (nSPS) is 11.6. The fraction of sp³-hybridized carbons (Fsp3) is 0.312. The van der Waals surface area contributed by atoms with E-state index in [1.165, 1.54) is 20.5 Å². The topological polar surface area (TPSA) is 29.9 Å². The Morgan fingerprint density at radius 1 is 1.30 bits per heavy atom. The molecule has 0 bridgehead atoms. The molecule has 0 spiro atoms. The molecule has 0 aliphatic rings. The second-order valence-corrected chi connectivity index (χ2v) is 6.41. The summed E-state index contributed by atoms with van der Waals surface area (Å²) in [5.41, 5.74) is 1.41. The summed E-state index contributed by atoms with van der Waals surface area (Å²) < 4.78 is 3.50. The lowest BCUT2D eigenvalue weighted by molar-refractivity contribution is 0.590. The molecule has 20 heavy (non-hydrogen) atoms. The Bertz CT molecular complexity index is 683. The third-order valence-electron chi connectivity index (χ3n) is 3.35. The van der Waals surface area contributed by atoms with Crippen LogP contribution in [-0.2, 0) is 13.1 Å². The first-order chi connectivity index (χ1) is 9.74. The number of benzene rings is 1. The maximum Gasteiger partial charge on any atom is 0.0949 e. The van der Waals surface area contributed by atoms with Gasteiger partial charge in [0.15, 0.2) is 0 Å². The highest BCUT2D eigenvalue weighted by Gasteiger charge is 2.12. The van der Waals surface area contributed by atoms with Gasteiger partial charge in [0.25, 0.3) is 0 Å². The standard InChI is InChI=1S/C16H19N3S/c1-12(2)18-9-16-14(10-19-8-7-17-11-19)13-5-3-4-6-15(13)20-16/h3-8,11-12,18H,9-10H2,1-2H3. The smallest absolute Gasteiger partial charge is 0.0949 e. The summed E-state index contributed by atoms with van der Waals surface area (Å²) in [6.07, 6.45) is 5.73. The van der Waals surface area contributed by atoms with Crippen molar-refractivity contribution in [2.45, 2.75) is 33.0 Å². The predicted octanol–water partition coefficient (Wildman–Crippen LogP) is 3.64. The molecule has 3 aromatic rings. The Morgan fingerprint density at radius 2 is 2.15 bits per heavy atom. The van der Waals surface area contributed by atoms with Crippen molar-refractivity contribution in [1.29, 1.82) is 0 Å².